The molecule has 3 aromatic rings. The monoisotopic (exact) mass is 434 g/mol. The molecule has 0 radical (unpaired) electrons. The number of likely N-dealkylation sites (N-methyl/N-ethyl adjacent to an activating group) is 1. The van der Waals surface area contributed by atoms with E-state index in [0.717, 1.165) is 0 Å². The fourth-order valence-corrected chi connectivity index (χ4v) is 3.45. The first-order valence-corrected chi connectivity index (χ1v) is 9.50. The van der Waals surface area contributed by atoms with Gasteiger partial charge in [-0.1, -0.05) is 0 Å². The molecule has 0 aliphatic rings. The summed E-state index contributed by atoms with van der Waals surface area (Å²) in [5.74, 6) is -1.51. The maximum Gasteiger partial charge on any atom is 0.387 e. The van der Waals surface area contributed by atoms with Crippen molar-refractivity contribution in [3.05, 3.63) is 59.0 Å². The summed E-state index contributed by atoms with van der Waals surface area (Å²) < 4.78 is 49.8. The number of carbonyl (C=O) groups excluding carboxylic acids is 2. The van der Waals surface area contributed by atoms with Gasteiger partial charge in [-0.15, -0.1) is 0 Å². The SMILES string of the molecule is CCNC(=O)Cc1c(C)n(C(=O)c2ccc(OC(F)F)cc2)c2cc(F)c(OC)cc12. The van der Waals surface area contributed by atoms with Crippen LogP contribution < -0.4 is 14.8 Å². The van der Waals surface area contributed by atoms with Crippen LogP contribution >= 0.6 is 0 Å². The molecule has 0 saturated heterocycles. The molecule has 0 aliphatic heterocycles. The van der Waals surface area contributed by atoms with Crippen molar-refractivity contribution < 1.29 is 32.2 Å². The summed E-state index contributed by atoms with van der Waals surface area (Å²) in [4.78, 5) is 25.4. The second kappa shape index (κ2) is 9.11. The minimum atomic E-state index is -2.98. The van der Waals surface area contributed by atoms with Crippen LogP contribution in [0.25, 0.3) is 10.9 Å². The number of amides is 1. The Morgan fingerprint density at radius 2 is 1.84 bits per heavy atom. The molecule has 31 heavy (non-hydrogen) atoms. The number of nitrogens with zero attached hydrogens (tertiary/aromatic N) is 1. The van der Waals surface area contributed by atoms with Crippen molar-refractivity contribution in [3.63, 3.8) is 0 Å². The van der Waals surface area contributed by atoms with Crippen molar-refractivity contribution in [1.29, 1.82) is 0 Å². The maximum absolute atomic E-state index is 14.4. The Kier molecular flexibility index (Phi) is 6.53. The number of carbonyl (C=O) groups is 2. The highest BCUT2D eigenvalue weighted by atomic mass is 19.3. The molecule has 0 bridgehead atoms. The van der Waals surface area contributed by atoms with Gasteiger partial charge in [0.1, 0.15) is 5.75 Å². The first-order chi connectivity index (χ1) is 14.8. The summed E-state index contributed by atoms with van der Waals surface area (Å²) in [5.41, 5.74) is 1.48. The molecule has 1 amide bonds. The van der Waals surface area contributed by atoms with E-state index in [1.807, 2.05) is 0 Å². The van der Waals surface area contributed by atoms with Gasteiger partial charge in [-0.2, -0.15) is 8.78 Å². The van der Waals surface area contributed by atoms with Crippen LogP contribution in [0.1, 0.15) is 28.5 Å². The first-order valence-electron chi connectivity index (χ1n) is 9.50. The highest BCUT2D eigenvalue weighted by molar-refractivity contribution is 6.05. The van der Waals surface area contributed by atoms with Gasteiger partial charge < -0.3 is 14.8 Å². The molecular weight excluding hydrogens is 413 g/mol. The second-order valence-electron chi connectivity index (χ2n) is 6.74. The van der Waals surface area contributed by atoms with Gasteiger partial charge in [0.25, 0.3) is 5.91 Å². The number of halogens is 3. The van der Waals surface area contributed by atoms with E-state index in [9.17, 15) is 22.8 Å². The Hall–Kier alpha value is -3.49. The van der Waals surface area contributed by atoms with Crippen LogP contribution in [0.3, 0.4) is 0 Å². The van der Waals surface area contributed by atoms with Crippen molar-refractivity contribution in [3.8, 4) is 11.5 Å². The lowest BCUT2D eigenvalue weighted by Crippen LogP contribution is -2.24. The molecule has 1 N–H and O–H groups in total. The Morgan fingerprint density at radius 3 is 2.42 bits per heavy atom. The number of fused-ring (bicyclic) bond motifs is 1. The molecule has 0 unspecified atom stereocenters. The van der Waals surface area contributed by atoms with E-state index < -0.39 is 18.3 Å². The van der Waals surface area contributed by atoms with E-state index in [1.165, 1.54) is 48.1 Å². The molecular formula is C22H21F3N2O4. The fraction of sp³-hybridized carbons (Fsp3) is 0.273. The van der Waals surface area contributed by atoms with E-state index in [1.54, 1.807) is 13.8 Å². The standard InChI is InChI=1S/C22H21F3N2O4/c1-4-26-20(28)10-15-12(2)27(18-11-17(23)19(30-3)9-16(15)18)21(29)13-5-7-14(8-6-13)31-22(24)25/h5-9,11,22H,4,10H2,1-3H3,(H,26,28). The summed E-state index contributed by atoms with van der Waals surface area (Å²) in [7, 11) is 1.33. The van der Waals surface area contributed by atoms with Crippen LogP contribution in [-0.2, 0) is 11.2 Å². The van der Waals surface area contributed by atoms with E-state index in [4.69, 9.17) is 4.74 Å². The van der Waals surface area contributed by atoms with Gasteiger partial charge in [0.15, 0.2) is 11.6 Å². The number of aromatic nitrogens is 1. The highest BCUT2D eigenvalue weighted by Crippen LogP contribution is 2.32. The van der Waals surface area contributed by atoms with Crippen LogP contribution in [0.2, 0.25) is 0 Å². The molecule has 0 fully saturated rings. The lowest BCUT2D eigenvalue weighted by Gasteiger charge is -2.09. The quantitative estimate of drug-likeness (QED) is 0.609. The van der Waals surface area contributed by atoms with Crippen LogP contribution in [0, 0.1) is 12.7 Å². The molecule has 6 nitrogen and oxygen atoms in total. The molecule has 1 aromatic heterocycles. The number of rotatable bonds is 7. The van der Waals surface area contributed by atoms with Gasteiger partial charge in [-0.25, -0.2) is 4.39 Å². The van der Waals surface area contributed by atoms with Gasteiger partial charge >= 0.3 is 6.61 Å². The van der Waals surface area contributed by atoms with Crippen molar-refractivity contribution in [2.24, 2.45) is 0 Å². The summed E-state index contributed by atoms with van der Waals surface area (Å²) >= 11 is 0. The third-order valence-electron chi connectivity index (χ3n) is 4.85. The van der Waals surface area contributed by atoms with Crippen LogP contribution in [0.5, 0.6) is 11.5 Å². The van der Waals surface area contributed by atoms with Gasteiger partial charge in [-0.05, 0) is 49.7 Å². The van der Waals surface area contributed by atoms with Crippen LogP contribution in [-0.4, -0.2) is 36.6 Å². The predicted molar refractivity (Wildman–Crippen MR) is 108 cm³/mol. The topological polar surface area (TPSA) is 69.6 Å². The second-order valence-corrected chi connectivity index (χ2v) is 6.74. The van der Waals surface area contributed by atoms with E-state index in [-0.39, 0.29) is 34.9 Å². The summed E-state index contributed by atoms with van der Waals surface area (Å²) in [5, 5.41) is 3.21. The molecule has 0 spiro atoms. The zero-order valence-electron chi connectivity index (χ0n) is 17.2. The Morgan fingerprint density at radius 1 is 1.16 bits per heavy atom. The zero-order chi connectivity index (χ0) is 22.7. The molecule has 2 aromatic carbocycles. The number of hydrogen-bond donors (Lipinski definition) is 1. The maximum atomic E-state index is 14.4. The largest absolute Gasteiger partial charge is 0.494 e. The average molecular weight is 434 g/mol. The molecule has 9 heteroatoms. The number of nitrogens with one attached hydrogen (secondary N) is 1. The predicted octanol–water partition coefficient (Wildman–Crippen LogP) is 4.07. The normalized spacial score (nSPS) is 11.1. The van der Waals surface area contributed by atoms with Gasteiger partial charge in [0.05, 0.1) is 19.0 Å². The first kappa shape index (κ1) is 22.2. The molecule has 0 aliphatic carbocycles. The lowest BCUT2D eigenvalue weighted by molar-refractivity contribution is -0.120. The Bertz CT molecular complexity index is 1120. The van der Waals surface area contributed by atoms with Gasteiger partial charge in [0, 0.05) is 29.3 Å². The molecule has 0 atom stereocenters. The highest BCUT2D eigenvalue weighted by Gasteiger charge is 2.23. The number of benzene rings is 2. The van der Waals surface area contributed by atoms with E-state index in [0.29, 0.717) is 23.2 Å². The van der Waals surface area contributed by atoms with Crippen LogP contribution in [0.15, 0.2) is 36.4 Å². The smallest absolute Gasteiger partial charge is 0.387 e. The summed E-state index contributed by atoms with van der Waals surface area (Å²) in [6, 6.07) is 7.81. The Labute approximate surface area is 176 Å². The number of methoxy groups -OCH3 is 1. The third kappa shape index (κ3) is 4.50. The van der Waals surface area contributed by atoms with E-state index in [2.05, 4.69) is 10.1 Å². The lowest BCUT2D eigenvalue weighted by atomic mass is 10.1. The number of ether oxygens (including phenoxy) is 2. The van der Waals surface area contributed by atoms with Crippen molar-refractivity contribution in [2.45, 2.75) is 26.9 Å². The average Bonchev–Trinajstić information content (AvgIpc) is 2.97. The fourth-order valence-electron chi connectivity index (χ4n) is 3.45. The van der Waals surface area contributed by atoms with E-state index >= 15 is 0 Å². The van der Waals surface area contributed by atoms with Crippen molar-refractivity contribution in [2.75, 3.05) is 13.7 Å². The summed E-state index contributed by atoms with van der Waals surface area (Å²) in [6.45, 7) is 0.912. The zero-order valence-corrected chi connectivity index (χ0v) is 17.2. The molecule has 3 rings (SSSR count). The van der Waals surface area contributed by atoms with Crippen molar-refractivity contribution in [1.82, 2.24) is 9.88 Å². The Balaban J connectivity index is 2.12. The van der Waals surface area contributed by atoms with Crippen molar-refractivity contribution >= 4 is 22.7 Å². The molecule has 164 valence electrons. The van der Waals surface area contributed by atoms with Gasteiger partial charge in [0.2, 0.25) is 5.91 Å². The van der Waals surface area contributed by atoms with Gasteiger partial charge in [-0.3, -0.25) is 14.2 Å². The summed E-state index contributed by atoms with van der Waals surface area (Å²) in [6.07, 6.45) is -0.00753. The molecule has 1 heterocycles. The number of alkyl halides is 2. The van der Waals surface area contributed by atoms with Crippen LogP contribution in [0.4, 0.5) is 13.2 Å². The third-order valence-corrected chi connectivity index (χ3v) is 4.85. The molecule has 0 saturated carbocycles. The minimum Gasteiger partial charge on any atom is -0.494 e. The number of hydrogen-bond acceptors (Lipinski definition) is 4. The minimum absolute atomic E-state index is 0.00753.